The Morgan fingerprint density at radius 3 is 2.76 bits per heavy atom. The van der Waals surface area contributed by atoms with Gasteiger partial charge in [0.25, 0.3) is 0 Å². The SMILES string of the molecule is O=C(C1CC1c1cccc(F)c1)N1CCC(Nc2cccnn2)CC1. The Bertz CT molecular complexity index is 746. The lowest BCUT2D eigenvalue weighted by Gasteiger charge is -2.32. The summed E-state index contributed by atoms with van der Waals surface area (Å²) in [6.07, 6.45) is 4.29. The van der Waals surface area contributed by atoms with Gasteiger partial charge in [-0.05, 0) is 55.0 Å². The van der Waals surface area contributed by atoms with Crippen molar-refractivity contribution in [3.63, 3.8) is 0 Å². The molecule has 0 spiro atoms. The van der Waals surface area contributed by atoms with E-state index in [2.05, 4.69) is 15.5 Å². The van der Waals surface area contributed by atoms with Gasteiger partial charge in [-0.1, -0.05) is 12.1 Å². The van der Waals surface area contributed by atoms with E-state index in [0.717, 1.165) is 43.7 Å². The highest BCUT2D eigenvalue weighted by Crippen LogP contribution is 2.48. The van der Waals surface area contributed by atoms with Gasteiger partial charge in [-0.15, -0.1) is 5.10 Å². The fraction of sp³-hybridized carbons (Fsp3) is 0.421. The van der Waals surface area contributed by atoms with Crippen molar-refractivity contribution >= 4 is 11.7 Å². The van der Waals surface area contributed by atoms with Crippen LogP contribution in [-0.2, 0) is 4.79 Å². The molecule has 1 aliphatic heterocycles. The molecule has 1 amide bonds. The third-order valence-corrected chi connectivity index (χ3v) is 5.12. The van der Waals surface area contributed by atoms with Crippen LogP contribution in [0.5, 0.6) is 0 Å². The Morgan fingerprint density at radius 1 is 1.20 bits per heavy atom. The molecule has 0 bridgehead atoms. The first-order valence-electron chi connectivity index (χ1n) is 8.79. The summed E-state index contributed by atoms with van der Waals surface area (Å²) < 4.78 is 13.3. The van der Waals surface area contributed by atoms with E-state index in [1.165, 1.54) is 6.07 Å². The number of carbonyl (C=O) groups excluding carboxylic acids is 1. The second-order valence-corrected chi connectivity index (χ2v) is 6.86. The molecule has 1 aromatic carbocycles. The smallest absolute Gasteiger partial charge is 0.226 e. The number of likely N-dealkylation sites (tertiary alicyclic amines) is 1. The minimum atomic E-state index is -0.230. The van der Waals surface area contributed by atoms with E-state index in [1.807, 2.05) is 23.1 Å². The summed E-state index contributed by atoms with van der Waals surface area (Å²) in [4.78, 5) is 14.6. The van der Waals surface area contributed by atoms with Crippen molar-refractivity contribution in [3.8, 4) is 0 Å². The molecule has 2 aromatic rings. The number of hydrogen-bond acceptors (Lipinski definition) is 4. The predicted octanol–water partition coefficient (Wildman–Crippen LogP) is 2.82. The minimum Gasteiger partial charge on any atom is -0.366 e. The average Bonchev–Trinajstić information content (AvgIpc) is 3.43. The number of carbonyl (C=O) groups is 1. The van der Waals surface area contributed by atoms with Gasteiger partial charge in [-0.2, -0.15) is 5.10 Å². The highest BCUT2D eigenvalue weighted by molar-refractivity contribution is 5.83. The lowest BCUT2D eigenvalue weighted by atomic mass is 10.0. The summed E-state index contributed by atoms with van der Waals surface area (Å²) in [5, 5.41) is 11.3. The van der Waals surface area contributed by atoms with E-state index in [-0.39, 0.29) is 23.6 Å². The molecule has 1 aliphatic carbocycles. The van der Waals surface area contributed by atoms with Crippen molar-refractivity contribution < 1.29 is 9.18 Å². The zero-order valence-corrected chi connectivity index (χ0v) is 13.9. The first kappa shape index (κ1) is 16.0. The van der Waals surface area contributed by atoms with Crippen LogP contribution in [0.15, 0.2) is 42.6 Å². The molecule has 130 valence electrons. The van der Waals surface area contributed by atoms with Gasteiger partial charge in [0.05, 0.1) is 0 Å². The number of piperidine rings is 1. The summed E-state index contributed by atoms with van der Waals surface area (Å²) in [6, 6.07) is 10.7. The fourth-order valence-electron chi connectivity index (χ4n) is 3.64. The van der Waals surface area contributed by atoms with Crippen LogP contribution >= 0.6 is 0 Å². The van der Waals surface area contributed by atoms with Crippen LogP contribution < -0.4 is 5.32 Å². The van der Waals surface area contributed by atoms with Gasteiger partial charge in [0.2, 0.25) is 5.91 Å². The van der Waals surface area contributed by atoms with E-state index in [0.29, 0.717) is 6.04 Å². The standard InChI is InChI=1S/C19H21FN4O/c20-14-4-1-3-13(11-14)16-12-17(16)19(25)24-9-6-15(7-10-24)22-18-5-2-8-21-23-18/h1-5,8,11,15-17H,6-7,9-10,12H2,(H,22,23). The third kappa shape index (κ3) is 3.62. The second-order valence-electron chi connectivity index (χ2n) is 6.86. The van der Waals surface area contributed by atoms with Crippen LogP contribution in [0.25, 0.3) is 0 Å². The van der Waals surface area contributed by atoms with E-state index in [9.17, 15) is 9.18 Å². The van der Waals surface area contributed by atoms with Crippen molar-refractivity contribution in [2.24, 2.45) is 5.92 Å². The molecule has 1 N–H and O–H groups in total. The summed E-state index contributed by atoms with van der Waals surface area (Å²) in [5.41, 5.74) is 0.942. The van der Waals surface area contributed by atoms with Crippen molar-refractivity contribution in [2.75, 3.05) is 18.4 Å². The van der Waals surface area contributed by atoms with E-state index in [1.54, 1.807) is 18.3 Å². The molecule has 5 nitrogen and oxygen atoms in total. The first-order chi connectivity index (χ1) is 12.2. The number of halogens is 1. The Morgan fingerprint density at radius 2 is 2.04 bits per heavy atom. The summed E-state index contributed by atoms with van der Waals surface area (Å²) in [6.45, 7) is 1.51. The van der Waals surface area contributed by atoms with Gasteiger partial charge in [-0.25, -0.2) is 4.39 Å². The average molecular weight is 340 g/mol. The molecule has 1 saturated heterocycles. The minimum absolute atomic E-state index is 0.0197. The Kier molecular flexibility index (Phi) is 4.34. The largest absolute Gasteiger partial charge is 0.366 e. The topological polar surface area (TPSA) is 58.1 Å². The Hall–Kier alpha value is -2.50. The number of aromatic nitrogens is 2. The van der Waals surface area contributed by atoms with Crippen LogP contribution in [0, 0.1) is 11.7 Å². The van der Waals surface area contributed by atoms with Crippen LogP contribution in [-0.4, -0.2) is 40.1 Å². The molecule has 2 fully saturated rings. The molecule has 2 heterocycles. The summed E-state index contributed by atoms with van der Waals surface area (Å²) in [5.74, 6) is 0.962. The maximum absolute atomic E-state index is 13.3. The highest BCUT2D eigenvalue weighted by Gasteiger charge is 2.46. The van der Waals surface area contributed by atoms with Gasteiger partial charge >= 0.3 is 0 Å². The number of hydrogen-bond donors (Lipinski definition) is 1. The fourth-order valence-corrected chi connectivity index (χ4v) is 3.64. The number of nitrogens with zero attached hydrogens (tertiary/aromatic N) is 3. The number of rotatable bonds is 4. The second kappa shape index (κ2) is 6.78. The molecule has 1 saturated carbocycles. The van der Waals surface area contributed by atoms with Crippen molar-refractivity contribution in [1.82, 2.24) is 15.1 Å². The summed E-state index contributed by atoms with van der Waals surface area (Å²) in [7, 11) is 0. The highest BCUT2D eigenvalue weighted by atomic mass is 19.1. The van der Waals surface area contributed by atoms with Gasteiger partial charge in [0.15, 0.2) is 0 Å². The van der Waals surface area contributed by atoms with Crippen LogP contribution in [0.1, 0.15) is 30.7 Å². The van der Waals surface area contributed by atoms with Crippen LogP contribution in [0.4, 0.5) is 10.2 Å². The molecule has 4 rings (SSSR count). The maximum atomic E-state index is 13.3. The van der Waals surface area contributed by atoms with Crippen molar-refractivity contribution in [2.45, 2.75) is 31.2 Å². The van der Waals surface area contributed by atoms with Crippen molar-refractivity contribution in [3.05, 3.63) is 54.0 Å². The molecular formula is C19H21FN4O. The van der Waals surface area contributed by atoms with Crippen molar-refractivity contribution in [1.29, 1.82) is 0 Å². The third-order valence-electron chi connectivity index (χ3n) is 5.12. The van der Waals surface area contributed by atoms with Gasteiger partial charge in [-0.3, -0.25) is 4.79 Å². The molecule has 0 radical (unpaired) electrons. The van der Waals surface area contributed by atoms with Crippen LogP contribution in [0.2, 0.25) is 0 Å². The molecular weight excluding hydrogens is 319 g/mol. The Labute approximate surface area is 146 Å². The zero-order valence-electron chi connectivity index (χ0n) is 13.9. The number of anilines is 1. The van der Waals surface area contributed by atoms with E-state index >= 15 is 0 Å². The molecule has 2 atom stereocenters. The lowest BCUT2D eigenvalue weighted by Crippen LogP contribution is -2.43. The molecule has 25 heavy (non-hydrogen) atoms. The lowest BCUT2D eigenvalue weighted by molar-refractivity contribution is -0.133. The zero-order chi connectivity index (χ0) is 17.2. The van der Waals surface area contributed by atoms with E-state index in [4.69, 9.17) is 0 Å². The summed E-state index contributed by atoms with van der Waals surface area (Å²) >= 11 is 0. The quantitative estimate of drug-likeness (QED) is 0.930. The molecule has 1 aromatic heterocycles. The number of benzene rings is 1. The predicted molar refractivity (Wildman–Crippen MR) is 92.5 cm³/mol. The monoisotopic (exact) mass is 340 g/mol. The number of amides is 1. The molecule has 2 aliphatic rings. The first-order valence-corrected chi connectivity index (χ1v) is 8.79. The maximum Gasteiger partial charge on any atom is 0.226 e. The van der Waals surface area contributed by atoms with Gasteiger partial charge in [0.1, 0.15) is 11.6 Å². The van der Waals surface area contributed by atoms with Crippen LogP contribution in [0.3, 0.4) is 0 Å². The molecule has 2 unspecified atom stereocenters. The molecule has 6 heteroatoms. The van der Waals surface area contributed by atoms with E-state index < -0.39 is 0 Å². The number of nitrogens with one attached hydrogen (secondary N) is 1. The Balaban J connectivity index is 1.29. The van der Waals surface area contributed by atoms with Gasteiger partial charge in [0, 0.05) is 31.2 Å². The van der Waals surface area contributed by atoms with Gasteiger partial charge < -0.3 is 10.2 Å². The normalized spacial score (nSPS) is 23.3.